The Hall–Kier alpha value is -0.615. The van der Waals surface area contributed by atoms with Crippen molar-refractivity contribution in [3.8, 4) is 0 Å². The summed E-state index contributed by atoms with van der Waals surface area (Å²) in [7, 11) is -1.40. The van der Waals surface area contributed by atoms with Gasteiger partial charge in [0.25, 0.3) is 0 Å². The first-order chi connectivity index (χ1) is 4.70. The fraction of sp³-hybridized carbons (Fsp3) is 1.00. The van der Waals surface area contributed by atoms with Crippen LogP contribution < -0.4 is 0 Å². The minimum Gasteiger partial charge on any atom is -0.426 e. The van der Waals surface area contributed by atoms with Gasteiger partial charge >= 0.3 is 7.12 Å². The highest BCUT2D eigenvalue weighted by atomic mass is 16.4. The summed E-state index contributed by atoms with van der Waals surface area (Å²) >= 11 is 0. The lowest BCUT2D eigenvalue weighted by Gasteiger charge is -2.14. The van der Waals surface area contributed by atoms with Gasteiger partial charge < -0.3 is 10.0 Å². The van der Waals surface area contributed by atoms with Gasteiger partial charge in [-0.2, -0.15) is 5.53 Å². The average molecular weight is 145 g/mol. The smallest absolute Gasteiger partial charge is 0.426 e. The maximum absolute atomic E-state index is 8.45. The second-order valence-corrected chi connectivity index (χ2v) is 1.99. The second-order valence-electron chi connectivity index (χ2n) is 1.99. The van der Waals surface area contributed by atoms with Gasteiger partial charge in [0, 0.05) is 6.54 Å². The molecule has 58 valence electrons. The Balaban J connectivity index is 3.49. The summed E-state index contributed by atoms with van der Waals surface area (Å²) < 4.78 is 0. The standard InChI is InChI=1S/C4H12BN3O2/c1-2-3-8(7-6)4-5(9)10/h6,9-10H,2-4H2,1H3. The summed E-state index contributed by atoms with van der Waals surface area (Å²) in [6.07, 6.45) is 0.854. The van der Waals surface area contributed by atoms with Crippen LogP contribution in [0.2, 0.25) is 0 Å². The van der Waals surface area contributed by atoms with Crippen molar-refractivity contribution < 1.29 is 10.0 Å². The van der Waals surface area contributed by atoms with Crippen LogP contribution >= 0.6 is 0 Å². The highest BCUT2D eigenvalue weighted by Crippen LogP contribution is 1.90. The molecule has 0 amide bonds. The fourth-order valence-electron chi connectivity index (χ4n) is 0.629. The van der Waals surface area contributed by atoms with Crippen LogP contribution in [-0.2, 0) is 0 Å². The van der Waals surface area contributed by atoms with Gasteiger partial charge in [0.1, 0.15) is 0 Å². The first kappa shape index (κ1) is 9.38. The van der Waals surface area contributed by atoms with E-state index in [1.807, 2.05) is 6.92 Å². The zero-order valence-corrected chi connectivity index (χ0v) is 5.99. The lowest BCUT2D eigenvalue weighted by atomic mass is 9.92. The largest absolute Gasteiger partial charge is 0.474 e. The number of nitrogens with zero attached hydrogens (tertiary/aromatic N) is 2. The third-order valence-electron chi connectivity index (χ3n) is 0.997. The maximum Gasteiger partial charge on any atom is 0.474 e. The molecular weight excluding hydrogens is 133 g/mol. The first-order valence-electron chi connectivity index (χ1n) is 3.19. The van der Waals surface area contributed by atoms with Gasteiger partial charge in [-0.15, -0.1) is 0 Å². The van der Waals surface area contributed by atoms with Crippen LogP contribution in [0.25, 0.3) is 0 Å². The van der Waals surface area contributed by atoms with E-state index in [-0.39, 0.29) is 6.44 Å². The highest BCUT2D eigenvalue weighted by Gasteiger charge is 2.11. The van der Waals surface area contributed by atoms with E-state index < -0.39 is 7.12 Å². The van der Waals surface area contributed by atoms with E-state index >= 15 is 0 Å². The average Bonchev–Trinajstić information content (AvgIpc) is 1.86. The molecule has 0 unspecified atom stereocenters. The summed E-state index contributed by atoms with van der Waals surface area (Å²) in [5.41, 5.74) is 6.59. The van der Waals surface area contributed by atoms with Crippen LogP contribution in [-0.4, -0.2) is 35.2 Å². The van der Waals surface area contributed by atoms with Crippen molar-refractivity contribution in [2.45, 2.75) is 13.3 Å². The SMILES string of the molecule is CCCN(CB(O)O)N=N. The highest BCUT2D eigenvalue weighted by molar-refractivity contribution is 6.41. The topological polar surface area (TPSA) is 79.9 Å². The molecule has 0 atom stereocenters. The van der Waals surface area contributed by atoms with E-state index in [2.05, 4.69) is 5.22 Å². The lowest BCUT2D eigenvalue weighted by Crippen LogP contribution is -2.31. The van der Waals surface area contributed by atoms with Gasteiger partial charge in [-0.1, -0.05) is 12.1 Å². The molecule has 6 heteroatoms. The molecule has 0 aromatic rings. The van der Waals surface area contributed by atoms with E-state index in [4.69, 9.17) is 15.6 Å². The molecule has 0 saturated heterocycles. The van der Waals surface area contributed by atoms with Crippen LogP contribution in [0, 0.1) is 5.53 Å². The van der Waals surface area contributed by atoms with Crippen molar-refractivity contribution in [3.63, 3.8) is 0 Å². The van der Waals surface area contributed by atoms with Crippen molar-refractivity contribution in [3.05, 3.63) is 0 Å². The monoisotopic (exact) mass is 145 g/mol. The quantitative estimate of drug-likeness (QED) is 0.281. The Kier molecular flexibility index (Phi) is 4.87. The summed E-state index contributed by atoms with van der Waals surface area (Å²) in [6, 6.07) is 0. The van der Waals surface area contributed by atoms with Crippen LogP contribution in [0.15, 0.2) is 5.22 Å². The predicted molar refractivity (Wildman–Crippen MR) is 37.2 cm³/mol. The summed E-state index contributed by atoms with van der Waals surface area (Å²) in [5, 5.41) is 21.3. The number of hydrogen-bond acceptors (Lipinski definition) is 4. The molecule has 3 N–H and O–H groups in total. The van der Waals surface area contributed by atoms with Gasteiger partial charge in [-0.3, -0.25) is 5.01 Å². The van der Waals surface area contributed by atoms with Gasteiger partial charge in [0.05, 0.1) is 6.44 Å². The normalized spacial score (nSPS) is 9.10. The molecule has 0 rings (SSSR count). The molecule has 0 saturated carbocycles. The Morgan fingerprint density at radius 3 is 2.50 bits per heavy atom. The van der Waals surface area contributed by atoms with E-state index in [0.29, 0.717) is 6.54 Å². The zero-order chi connectivity index (χ0) is 7.98. The van der Waals surface area contributed by atoms with Crippen LogP contribution in [0.3, 0.4) is 0 Å². The Labute approximate surface area is 60.3 Å². The van der Waals surface area contributed by atoms with Crippen LogP contribution in [0.4, 0.5) is 0 Å². The zero-order valence-electron chi connectivity index (χ0n) is 5.99. The van der Waals surface area contributed by atoms with E-state index in [1.54, 1.807) is 0 Å². The number of hydrogen-bond donors (Lipinski definition) is 3. The molecule has 0 aromatic carbocycles. The number of rotatable bonds is 5. The maximum atomic E-state index is 8.45. The molecule has 0 aliphatic heterocycles. The summed E-state index contributed by atoms with van der Waals surface area (Å²) in [5.74, 6) is 0. The second kappa shape index (κ2) is 5.19. The third-order valence-corrected chi connectivity index (χ3v) is 0.997. The van der Waals surface area contributed by atoms with Gasteiger partial charge in [-0.05, 0) is 6.42 Å². The third kappa shape index (κ3) is 4.28. The van der Waals surface area contributed by atoms with Crippen molar-refractivity contribution in [1.82, 2.24) is 5.01 Å². The van der Waals surface area contributed by atoms with Crippen molar-refractivity contribution in [2.24, 2.45) is 5.22 Å². The van der Waals surface area contributed by atoms with E-state index in [9.17, 15) is 0 Å². The van der Waals surface area contributed by atoms with Gasteiger partial charge in [0.2, 0.25) is 0 Å². The van der Waals surface area contributed by atoms with E-state index in [0.717, 1.165) is 6.42 Å². The first-order valence-corrected chi connectivity index (χ1v) is 3.19. The predicted octanol–water partition coefficient (Wildman–Crippen LogP) is -0.344. The molecule has 0 aromatic heterocycles. The van der Waals surface area contributed by atoms with E-state index in [1.165, 1.54) is 5.01 Å². The Morgan fingerprint density at radius 1 is 1.60 bits per heavy atom. The van der Waals surface area contributed by atoms with Gasteiger partial charge in [0.15, 0.2) is 0 Å². The molecule has 0 aliphatic rings. The molecule has 5 nitrogen and oxygen atoms in total. The molecule has 0 aliphatic carbocycles. The lowest BCUT2D eigenvalue weighted by molar-refractivity contribution is 0.266. The van der Waals surface area contributed by atoms with Crippen molar-refractivity contribution in [2.75, 3.05) is 13.0 Å². The summed E-state index contributed by atoms with van der Waals surface area (Å²) in [6.45, 7) is 2.52. The summed E-state index contributed by atoms with van der Waals surface area (Å²) in [4.78, 5) is 0. The Morgan fingerprint density at radius 2 is 2.20 bits per heavy atom. The van der Waals surface area contributed by atoms with Gasteiger partial charge in [-0.25, -0.2) is 0 Å². The minimum absolute atomic E-state index is 0.0112. The molecule has 0 heterocycles. The molecular formula is C4H12BN3O2. The molecule has 0 radical (unpaired) electrons. The fourth-order valence-corrected chi connectivity index (χ4v) is 0.629. The number of nitrogens with one attached hydrogen (secondary N) is 1. The molecule has 10 heavy (non-hydrogen) atoms. The van der Waals surface area contributed by atoms with Crippen LogP contribution in [0.1, 0.15) is 13.3 Å². The van der Waals surface area contributed by atoms with Crippen molar-refractivity contribution >= 4 is 7.12 Å². The molecule has 0 spiro atoms. The molecule has 0 fully saturated rings. The Bertz CT molecular complexity index is 101. The van der Waals surface area contributed by atoms with Crippen LogP contribution in [0.5, 0.6) is 0 Å². The van der Waals surface area contributed by atoms with Crippen molar-refractivity contribution in [1.29, 1.82) is 5.53 Å². The minimum atomic E-state index is -1.40. The molecule has 0 bridgehead atoms.